The summed E-state index contributed by atoms with van der Waals surface area (Å²) in [6.45, 7) is 5.27. The third kappa shape index (κ3) is 2.99. The number of nitrogens with one attached hydrogen (secondary N) is 1. The molecule has 21 heavy (non-hydrogen) atoms. The molecule has 2 heterocycles. The van der Waals surface area contributed by atoms with Crippen molar-refractivity contribution in [1.29, 1.82) is 0 Å². The molecule has 108 valence electrons. The van der Waals surface area contributed by atoms with Gasteiger partial charge in [-0.25, -0.2) is 0 Å². The Balaban J connectivity index is 1.96. The number of aromatic nitrogens is 1. The number of hydrogen-bond acceptors (Lipinski definition) is 4. The molecule has 0 unspecified atom stereocenters. The minimum Gasteiger partial charge on any atom is -0.494 e. The van der Waals surface area contributed by atoms with Gasteiger partial charge in [0.2, 0.25) is 0 Å². The first-order valence-corrected chi connectivity index (χ1v) is 7.06. The fourth-order valence-electron chi connectivity index (χ4n) is 2.34. The highest BCUT2D eigenvalue weighted by Crippen LogP contribution is 2.27. The van der Waals surface area contributed by atoms with Gasteiger partial charge in [0.25, 0.3) is 0 Å². The van der Waals surface area contributed by atoms with Gasteiger partial charge in [0.1, 0.15) is 11.5 Å². The molecule has 0 spiro atoms. The largest absolute Gasteiger partial charge is 0.494 e. The van der Waals surface area contributed by atoms with E-state index in [1.165, 1.54) is 0 Å². The average Bonchev–Trinajstić information content (AvgIpc) is 2.99. The first-order chi connectivity index (χ1) is 10.3. The lowest BCUT2D eigenvalue weighted by atomic mass is 10.1. The van der Waals surface area contributed by atoms with Crippen molar-refractivity contribution in [2.24, 2.45) is 0 Å². The van der Waals surface area contributed by atoms with Crippen LogP contribution in [0.4, 0.5) is 5.69 Å². The second-order valence-electron chi connectivity index (χ2n) is 4.86. The molecular weight excluding hydrogens is 264 g/mol. The number of anilines is 1. The smallest absolute Gasteiger partial charge is 0.122 e. The molecular formula is C17H18N2O2. The van der Waals surface area contributed by atoms with E-state index in [1.807, 2.05) is 50.2 Å². The van der Waals surface area contributed by atoms with Crippen LogP contribution >= 0.6 is 0 Å². The van der Waals surface area contributed by atoms with E-state index in [4.69, 9.17) is 9.15 Å². The van der Waals surface area contributed by atoms with Crippen LogP contribution in [-0.4, -0.2) is 11.6 Å². The number of furan rings is 1. The maximum absolute atomic E-state index is 5.58. The number of nitrogens with zero attached hydrogens (tertiary/aromatic N) is 1. The number of pyridine rings is 1. The van der Waals surface area contributed by atoms with Crippen molar-refractivity contribution in [1.82, 2.24) is 4.98 Å². The molecule has 0 saturated heterocycles. The normalized spacial score (nSPS) is 10.8. The van der Waals surface area contributed by atoms with E-state index in [2.05, 4.69) is 10.3 Å². The minimum atomic E-state index is 0.643. The SMILES string of the molecule is CCOc1ccc2nc(C)cc(NCc3ccco3)c2c1. The number of ether oxygens (including phenoxy) is 1. The fraction of sp³-hybridized carbons (Fsp3) is 0.235. The van der Waals surface area contributed by atoms with Crippen LogP contribution in [0.2, 0.25) is 0 Å². The van der Waals surface area contributed by atoms with Crippen molar-refractivity contribution in [3.8, 4) is 5.75 Å². The summed E-state index contributed by atoms with van der Waals surface area (Å²) in [6, 6.07) is 11.9. The highest BCUT2D eigenvalue weighted by molar-refractivity contribution is 5.92. The number of fused-ring (bicyclic) bond motifs is 1. The molecule has 0 bridgehead atoms. The summed E-state index contributed by atoms with van der Waals surface area (Å²) in [5.41, 5.74) is 2.98. The molecule has 0 aliphatic carbocycles. The third-order valence-electron chi connectivity index (χ3n) is 3.25. The van der Waals surface area contributed by atoms with Crippen LogP contribution in [0, 0.1) is 6.92 Å². The van der Waals surface area contributed by atoms with Gasteiger partial charge in [0, 0.05) is 16.8 Å². The standard InChI is InChI=1S/C17H18N2O2/c1-3-20-13-6-7-16-15(10-13)17(9-12(2)19-16)18-11-14-5-4-8-21-14/h4-10H,3,11H2,1-2H3,(H,18,19). The van der Waals surface area contributed by atoms with Crippen LogP contribution in [0.1, 0.15) is 18.4 Å². The maximum Gasteiger partial charge on any atom is 0.122 e. The van der Waals surface area contributed by atoms with Crippen LogP contribution in [0.25, 0.3) is 10.9 Å². The Morgan fingerprint density at radius 3 is 2.90 bits per heavy atom. The first kappa shape index (κ1) is 13.5. The summed E-state index contributed by atoms with van der Waals surface area (Å²) >= 11 is 0. The highest BCUT2D eigenvalue weighted by atomic mass is 16.5. The van der Waals surface area contributed by atoms with Crippen molar-refractivity contribution in [3.63, 3.8) is 0 Å². The van der Waals surface area contributed by atoms with Crippen LogP contribution in [0.3, 0.4) is 0 Å². The van der Waals surface area contributed by atoms with Crippen molar-refractivity contribution in [2.75, 3.05) is 11.9 Å². The van der Waals surface area contributed by atoms with Gasteiger partial charge < -0.3 is 14.5 Å². The molecule has 0 amide bonds. The molecule has 4 nitrogen and oxygen atoms in total. The molecule has 0 fully saturated rings. The van der Waals surface area contributed by atoms with Gasteiger partial charge in [0.05, 0.1) is 24.9 Å². The van der Waals surface area contributed by atoms with Gasteiger partial charge in [-0.2, -0.15) is 0 Å². The van der Waals surface area contributed by atoms with Gasteiger partial charge in [-0.05, 0) is 50.2 Å². The monoisotopic (exact) mass is 282 g/mol. The van der Waals surface area contributed by atoms with E-state index in [1.54, 1.807) is 6.26 Å². The van der Waals surface area contributed by atoms with E-state index in [0.717, 1.165) is 33.8 Å². The van der Waals surface area contributed by atoms with Crippen LogP contribution in [0.5, 0.6) is 5.75 Å². The highest BCUT2D eigenvalue weighted by Gasteiger charge is 2.06. The molecule has 3 rings (SSSR count). The Hall–Kier alpha value is -2.49. The van der Waals surface area contributed by atoms with Crippen molar-refractivity contribution in [3.05, 3.63) is 54.1 Å². The Kier molecular flexibility index (Phi) is 3.77. The minimum absolute atomic E-state index is 0.643. The van der Waals surface area contributed by atoms with E-state index in [0.29, 0.717) is 13.2 Å². The van der Waals surface area contributed by atoms with Gasteiger partial charge in [-0.1, -0.05) is 0 Å². The summed E-state index contributed by atoms with van der Waals surface area (Å²) in [5.74, 6) is 1.76. The Labute approximate surface area is 123 Å². The number of aryl methyl sites for hydroxylation is 1. The molecule has 0 saturated carbocycles. The molecule has 1 aromatic carbocycles. The topological polar surface area (TPSA) is 47.3 Å². The lowest BCUT2D eigenvalue weighted by Gasteiger charge is -2.11. The van der Waals surface area contributed by atoms with E-state index in [9.17, 15) is 0 Å². The van der Waals surface area contributed by atoms with Gasteiger partial charge in [-0.15, -0.1) is 0 Å². The molecule has 0 aliphatic heterocycles. The Bertz CT molecular complexity index is 736. The molecule has 2 aromatic heterocycles. The average molecular weight is 282 g/mol. The van der Waals surface area contributed by atoms with Crippen molar-refractivity contribution in [2.45, 2.75) is 20.4 Å². The van der Waals surface area contributed by atoms with Gasteiger partial charge >= 0.3 is 0 Å². The molecule has 0 radical (unpaired) electrons. The fourth-order valence-corrected chi connectivity index (χ4v) is 2.34. The predicted molar refractivity (Wildman–Crippen MR) is 83.7 cm³/mol. The third-order valence-corrected chi connectivity index (χ3v) is 3.25. The zero-order chi connectivity index (χ0) is 14.7. The molecule has 1 N–H and O–H groups in total. The summed E-state index contributed by atoms with van der Waals surface area (Å²) < 4.78 is 10.9. The Morgan fingerprint density at radius 2 is 2.14 bits per heavy atom. The van der Waals surface area contributed by atoms with E-state index >= 15 is 0 Å². The van der Waals surface area contributed by atoms with Crippen LogP contribution in [-0.2, 0) is 6.54 Å². The molecule has 0 atom stereocenters. The summed E-state index contributed by atoms with van der Waals surface area (Å²) in [6.07, 6.45) is 1.68. The number of rotatable bonds is 5. The van der Waals surface area contributed by atoms with Crippen molar-refractivity contribution < 1.29 is 9.15 Å². The van der Waals surface area contributed by atoms with Gasteiger partial charge in [-0.3, -0.25) is 4.98 Å². The van der Waals surface area contributed by atoms with Gasteiger partial charge in [0.15, 0.2) is 0 Å². The molecule has 3 aromatic rings. The zero-order valence-electron chi connectivity index (χ0n) is 12.2. The number of hydrogen-bond donors (Lipinski definition) is 1. The van der Waals surface area contributed by atoms with Crippen molar-refractivity contribution >= 4 is 16.6 Å². The van der Waals surface area contributed by atoms with Crippen LogP contribution in [0.15, 0.2) is 47.1 Å². The van der Waals surface area contributed by atoms with Crippen LogP contribution < -0.4 is 10.1 Å². The van der Waals surface area contributed by atoms with E-state index < -0.39 is 0 Å². The second kappa shape index (κ2) is 5.87. The lowest BCUT2D eigenvalue weighted by molar-refractivity contribution is 0.340. The Morgan fingerprint density at radius 1 is 1.24 bits per heavy atom. The van der Waals surface area contributed by atoms with E-state index in [-0.39, 0.29) is 0 Å². The maximum atomic E-state index is 5.58. The second-order valence-corrected chi connectivity index (χ2v) is 4.86. The summed E-state index contributed by atoms with van der Waals surface area (Å²) in [5, 5.41) is 4.46. The quantitative estimate of drug-likeness (QED) is 0.763. The zero-order valence-corrected chi connectivity index (χ0v) is 12.2. The predicted octanol–water partition coefficient (Wildman–Crippen LogP) is 4.15. The first-order valence-electron chi connectivity index (χ1n) is 7.06. The number of benzene rings is 1. The molecule has 0 aliphatic rings. The lowest BCUT2D eigenvalue weighted by Crippen LogP contribution is -2.01. The summed E-state index contributed by atoms with van der Waals surface area (Å²) in [4.78, 5) is 4.56. The summed E-state index contributed by atoms with van der Waals surface area (Å²) in [7, 11) is 0. The molecule has 4 heteroatoms.